The minimum absolute atomic E-state index is 0.230. The number of hydrogen-bond donors (Lipinski definition) is 1. The number of para-hydroxylation sites is 1. The van der Waals surface area contributed by atoms with Crippen LogP contribution in [0.4, 0.5) is 5.69 Å². The van der Waals surface area contributed by atoms with Crippen molar-refractivity contribution in [2.75, 3.05) is 45.7 Å². The Morgan fingerprint density at radius 2 is 2.07 bits per heavy atom. The van der Waals surface area contributed by atoms with E-state index in [9.17, 15) is 0 Å². The van der Waals surface area contributed by atoms with Crippen molar-refractivity contribution >= 4 is 28.8 Å². The summed E-state index contributed by atoms with van der Waals surface area (Å²) in [6.07, 6.45) is 1.31. The molecule has 1 N–H and O–H groups in total. The summed E-state index contributed by atoms with van der Waals surface area (Å²) in [6.45, 7) is 8.65. The minimum Gasteiger partial charge on any atom is -0.385 e. The van der Waals surface area contributed by atoms with E-state index in [4.69, 9.17) is 4.74 Å². The van der Waals surface area contributed by atoms with Crippen molar-refractivity contribution in [3.05, 3.63) is 40.8 Å². The zero-order chi connectivity index (χ0) is 19.7. The number of rotatable bonds is 5. The van der Waals surface area contributed by atoms with Crippen LogP contribution in [-0.2, 0) is 4.74 Å². The third-order valence-corrected chi connectivity index (χ3v) is 8.56. The van der Waals surface area contributed by atoms with Gasteiger partial charge in [0.1, 0.15) is 6.17 Å². The fourth-order valence-corrected chi connectivity index (χ4v) is 6.54. The SMILES string of the molecule is COCC[C@H]1CN(C2Nc3ccccc3Sc3sc(C(C)C)cc32)CCN1C. The molecule has 2 atom stereocenters. The van der Waals surface area contributed by atoms with Gasteiger partial charge >= 0.3 is 0 Å². The lowest BCUT2D eigenvalue weighted by Gasteiger charge is -2.43. The van der Waals surface area contributed by atoms with Gasteiger partial charge in [-0.2, -0.15) is 0 Å². The fourth-order valence-electron chi connectivity index (χ4n) is 4.02. The molecule has 4 nitrogen and oxygen atoms in total. The standard InChI is InChI=1S/C22H31N3OS2/c1-15(2)20-13-17-21(25-11-10-24(3)16(14-25)9-12-26-4)23-18-7-5-6-8-19(18)27-22(17)28-20/h5-8,13,15-16,21,23H,9-12,14H2,1-4H3/t16-,21?/m0/s1. The molecular formula is C22H31N3OS2. The molecule has 0 bridgehead atoms. The van der Waals surface area contributed by atoms with E-state index in [2.05, 4.69) is 66.3 Å². The van der Waals surface area contributed by atoms with Crippen molar-refractivity contribution in [2.24, 2.45) is 0 Å². The third-order valence-electron chi connectivity index (χ3n) is 5.82. The van der Waals surface area contributed by atoms with Gasteiger partial charge in [-0.15, -0.1) is 11.3 Å². The summed E-state index contributed by atoms with van der Waals surface area (Å²) in [5.41, 5.74) is 2.70. The molecule has 1 saturated heterocycles. The number of anilines is 1. The van der Waals surface area contributed by atoms with Crippen molar-refractivity contribution in [1.82, 2.24) is 9.80 Å². The molecule has 1 unspecified atom stereocenters. The molecule has 0 saturated carbocycles. The van der Waals surface area contributed by atoms with Gasteiger partial charge in [-0.25, -0.2) is 0 Å². The van der Waals surface area contributed by atoms with E-state index in [0.29, 0.717) is 12.0 Å². The number of nitrogens with one attached hydrogen (secondary N) is 1. The van der Waals surface area contributed by atoms with Gasteiger partial charge in [0.2, 0.25) is 0 Å². The van der Waals surface area contributed by atoms with E-state index in [1.165, 1.54) is 25.2 Å². The molecule has 0 aliphatic carbocycles. The monoisotopic (exact) mass is 417 g/mol. The maximum atomic E-state index is 5.36. The molecule has 1 aromatic heterocycles. The van der Waals surface area contributed by atoms with Crippen LogP contribution in [0, 0.1) is 0 Å². The highest BCUT2D eigenvalue weighted by Gasteiger charge is 2.33. The normalized spacial score (nSPS) is 23.2. The van der Waals surface area contributed by atoms with E-state index in [1.54, 1.807) is 7.11 Å². The summed E-state index contributed by atoms with van der Waals surface area (Å²) >= 11 is 3.89. The second-order valence-electron chi connectivity index (χ2n) is 8.10. The van der Waals surface area contributed by atoms with E-state index in [-0.39, 0.29) is 6.17 Å². The molecular weight excluding hydrogens is 386 g/mol. The maximum Gasteiger partial charge on any atom is 0.108 e. The molecule has 3 heterocycles. The van der Waals surface area contributed by atoms with Crippen molar-refractivity contribution in [1.29, 1.82) is 0 Å². The molecule has 0 amide bonds. The lowest BCUT2D eigenvalue weighted by Crippen LogP contribution is -2.53. The quantitative estimate of drug-likeness (QED) is 0.731. The van der Waals surface area contributed by atoms with E-state index < -0.39 is 0 Å². The number of methoxy groups -OCH3 is 1. The van der Waals surface area contributed by atoms with Gasteiger partial charge in [0.05, 0.1) is 4.21 Å². The first-order valence-corrected chi connectivity index (χ1v) is 11.8. The van der Waals surface area contributed by atoms with Gasteiger partial charge in [-0.05, 0) is 37.6 Å². The van der Waals surface area contributed by atoms with Crippen LogP contribution in [0.2, 0.25) is 0 Å². The molecule has 152 valence electrons. The molecule has 1 aromatic carbocycles. The Balaban J connectivity index is 1.67. The second kappa shape index (κ2) is 8.76. The zero-order valence-corrected chi connectivity index (χ0v) is 18.9. The zero-order valence-electron chi connectivity index (χ0n) is 17.3. The lowest BCUT2D eigenvalue weighted by atomic mass is 10.1. The maximum absolute atomic E-state index is 5.36. The first kappa shape index (κ1) is 20.2. The number of nitrogens with zero attached hydrogens (tertiary/aromatic N) is 2. The van der Waals surface area contributed by atoms with Gasteiger partial charge in [-0.3, -0.25) is 4.90 Å². The van der Waals surface area contributed by atoms with E-state index in [0.717, 1.165) is 32.7 Å². The average Bonchev–Trinajstić information content (AvgIpc) is 3.04. The van der Waals surface area contributed by atoms with Gasteiger partial charge < -0.3 is 15.0 Å². The largest absolute Gasteiger partial charge is 0.385 e. The predicted octanol–water partition coefficient (Wildman–Crippen LogP) is 5.10. The number of likely N-dealkylation sites (N-methyl/N-ethyl adjacent to an activating group) is 1. The minimum atomic E-state index is 0.230. The van der Waals surface area contributed by atoms with Crippen molar-refractivity contribution in [3.63, 3.8) is 0 Å². The van der Waals surface area contributed by atoms with Crippen LogP contribution < -0.4 is 5.32 Å². The Bertz CT molecular complexity index is 807. The Hall–Kier alpha value is -1.05. The molecule has 2 aromatic rings. The van der Waals surface area contributed by atoms with Crippen molar-refractivity contribution in [3.8, 4) is 0 Å². The van der Waals surface area contributed by atoms with E-state index >= 15 is 0 Å². The van der Waals surface area contributed by atoms with Crippen LogP contribution >= 0.6 is 23.1 Å². The highest BCUT2D eigenvalue weighted by molar-refractivity contribution is 8.01. The molecule has 1 fully saturated rings. The first-order valence-electron chi connectivity index (χ1n) is 10.2. The molecule has 28 heavy (non-hydrogen) atoms. The smallest absolute Gasteiger partial charge is 0.108 e. The highest BCUT2D eigenvalue weighted by atomic mass is 32.2. The lowest BCUT2D eigenvalue weighted by molar-refractivity contribution is 0.0522. The summed E-state index contributed by atoms with van der Waals surface area (Å²) in [5, 5.41) is 3.89. The van der Waals surface area contributed by atoms with Crippen LogP contribution in [0.25, 0.3) is 0 Å². The summed E-state index contributed by atoms with van der Waals surface area (Å²) in [7, 11) is 4.04. The number of ether oxygens (including phenoxy) is 1. The predicted molar refractivity (Wildman–Crippen MR) is 120 cm³/mol. The van der Waals surface area contributed by atoms with E-state index in [1.807, 2.05) is 23.1 Å². The van der Waals surface area contributed by atoms with Crippen LogP contribution in [0.15, 0.2) is 39.4 Å². The molecule has 4 rings (SSSR count). The number of benzene rings is 1. The van der Waals surface area contributed by atoms with Gasteiger partial charge in [-0.1, -0.05) is 37.7 Å². The number of thiophene rings is 1. The van der Waals surface area contributed by atoms with Crippen LogP contribution in [0.1, 0.15) is 42.8 Å². The summed E-state index contributed by atoms with van der Waals surface area (Å²) < 4.78 is 6.81. The van der Waals surface area contributed by atoms with Gasteiger partial charge in [0.25, 0.3) is 0 Å². The Kier molecular flexibility index (Phi) is 6.33. The molecule has 2 aliphatic heterocycles. The number of fused-ring (bicyclic) bond motifs is 2. The van der Waals surface area contributed by atoms with Gasteiger partial charge in [0, 0.05) is 60.4 Å². The Morgan fingerprint density at radius 1 is 1.25 bits per heavy atom. The summed E-state index contributed by atoms with van der Waals surface area (Å²) in [5.74, 6) is 0.565. The molecule has 0 radical (unpaired) electrons. The second-order valence-corrected chi connectivity index (χ2v) is 10.5. The fraction of sp³-hybridized carbons (Fsp3) is 0.545. The Labute approximate surface area is 177 Å². The highest BCUT2D eigenvalue weighted by Crippen LogP contribution is 2.48. The van der Waals surface area contributed by atoms with Crippen molar-refractivity contribution < 1.29 is 4.74 Å². The van der Waals surface area contributed by atoms with Gasteiger partial charge in [0.15, 0.2) is 0 Å². The topological polar surface area (TPSA) is 27.7 Å². The number of piperazine rings is 1. The molecule has 2 aliphatic rings. The molecule has 0 spiro atoms. The third kappa shape index (κ3) is 4.12. The van der Waals surface area contributed by atoms with Crippen molar-refractivity contribution in [2.45, 2.75) is 47.5 Å². The number of hydrogen-bond acceptors (Lipinski definition) is 6. The summed E-state index contributed by atoms with van der Waals surface area (Å²) in [6, 6.07) is 11.7. The van der Waals surface area contributed by atoms with Crippen LogP contribution in [0.5, 0.6) is 0 Å². The van der Waals surface area contributed by atoms with Crippen LogP contribution in [-0.4, -0.2) is 56.2 Å². The van der Waals surface area contributed by atoms with Crippen LogP contribution in [0.3, 0.4) is 0 Å². The first-order chi connectivity index (χ1) is 13.6. The molecule has 6 heteroatoms. The summed E-state index contributed by atoms with van der Waals surface area (Å²) in [4.78, 5) is 7.93. The Morgan fingerprint density at radius 3 is 2.86 bits per heavy atom. The average molecular weight is 418 g/mol.